The monoisotopic (exact) mass is 333 g/mol. The summed E-state index contributed by atoms with van der Waals surface area (Å²) in [5, 5.41) is 3.49. The molecule has 0 aromatic heterocycles. The molecular formula is C17H20BrNO. The fraction of sp³-hybridized carbons (Fsp3) is 0.294. The van der Waals surface area contributed by atoms with E-state index in [1.54, 1.807) is 0 Å². The minimum absolute atomic E-state index is 0.381. The number of nitrogens with one attached hydrogen (secondary N) is 1. The summed E-state index contributed by atoms with van der Waals surface area (Å²) in [7, 11) is 0. The van der Waals surface area contributed by atoms with Crippen molar-refractivity contribution in [3.63, 3.8) is 0 Å². The standard InChI is InChI=1S/C17H20BrNO/c1-3-17(19-4-2)13-7-5-9-15(11-13)20-16-10-6-8-14(18)12-16/h5-12,17,19H,3-4H2,1-2H3. The predicted octanol–water partition coefficient (Wildman–Crippen LogP) is 5.30. The van der Waals surface area contributed by atoms with Crippen molar-refractivity contribution in [2.24, 2.45) is 0 Å². The average Bonchev–Trinajstić information content (AvgIpc) is 2.45. The molecule has 0 saturated heterocycles. The Morgan fingerprint density at radius 1 is 1.05 bits per heavy atom. The molecule has 1 unspecified atom stereocenters. The molecule has 0 bridgehead atoms. The Morgan fingerprint density at radius 3 is 2.40 bits per heavy atom. The zero-order chi connectivity index (χ0) is 14.4. The minimum atomic E-state index is 0.381. The van der Waals surface area contributed by atoms with Gasteiger partial charge in [0.05, 0.1) is 0 Å². The van der Waals surface area contributed by atoms with Crippen molar-refractivity contribution in [2.45, 2.75) is 26.3 Å². The van der Waals surface area contributed by atoms with Crippen LogP contribution in [0, 0.1) is 0 Å². The molecule has 0 aliphatic heterocycles. The van der Waals surface area contributed by atoms with E-state index in [2.05, 4.69) is 47.2 Å². The van der Waals surface area contributed by atoms with Gasteiger partial charge in [-0.3, -0.25) is 0 Å². The van der Waals surface area contributed by atoms with E-state index in [1.807, 2.05) is 36.4 Å². The van der Waals surface area contributed by atoms with Crippen LogP contribution < -0.4 is 10.1 Å². The highest BCUT2D eigenvalue weighted by molar-refractivity contribution is 9.10. The van der Waals surface area contributed by atoms with Crippen LogP contribution in [-0.4, -0.2) is 6.54 Å². The maximum absolute atomic E-state index is 5.91. The Morgan fingerprint density at radius 2 is 1.75 bits per heavy atom. The van der Waals surface area contributed by atoms with Gasteiger partial charge in [0.15, 0.2) is 0 Å². The molecule has 106 valence electrons. The minimum Gasteiger partial charge on any atom is -0.457 e. The quantitative estimate of drug-likeness (QED) is 0.774. The van der Waals surface area contributed by atoms with Crippen molar-refractivity contribution in [3.05, 3.63) is 58.6 Å². The van der Waals surface area contributed by atoms with Crippen LogP contribution in [0.3, 0.4) is 0 Å². The first kappa shape index (κ1) is 15.1. The molecule has 0 fully saturated rings. The van der Waals surface area contributed by atoms with Crippen LogP contribution in [0.1, 0.15) is 31.9 Å². The first-order chi connectivity index (χ1) is 9.72. The highest BCUT2D eigenvalue weighted by atomic mass is 79.9. The van der Waals surface area contributed by atoms with Crippen LogP contribution in [0.5, 0.6) is 11.5 Å². The van der Waals surface area contributed by atoms with Crippen LogP contribution in [-0.2, 0) is 0 Å². The third kappa shape index (κ3) is 4.09. The number of hydrogen-bond acceptors (Lipinski definition) is 2. The first-order valence-corrected chi connectivity index (χ1v) is 7.79. The number of hydrogen-bond donors (Lipinski definition) is 1. The Labute approximate surface area is 129 Å². The van der Waals surface area contributed by atoms with Gasteiger partial charge in [0.2, 0.25) is 0 Å². The van der Waals surface area contributed by atoms with Crippen molar-refractivity contribution in [3.8, 4) is 11.5 Å². The SMILES string of the molecule is CCNC(CC)c1cccc(Oc2cccc(Br)c2)c1. The predicted molar refractivity (Wildman–Crippen MR) is 87.4 cm³/mol. The average molecular weight is 334 g/mol. The van der Waals surface area contributed by atoms with E-state index in [-0.39, 0.29) is 0 Å². The van der Waals surface area contributed by atoms with Gasteiger partial charge >= 0.3 is 0 Å². The number of ether oxygens (including phenoxy) is 1. The molecule has 1 atom stereocenters. The van der Waals surface area contributed by atoms with Gasteiger partial charge in [-0.1, -0.05) is 48.0 Å². The van der Waals surface area contributed by atoms with Gasteiger partial charge in [0.25, 0.3) is 0 Å². The van der Waals surface area contributed by atoms with E-state index in [0.29, 0.717) is 6.04 Å². The summed E-state index contributed by atoms with van der Waals surface area (Å²) >= 11 is 3.45. The molecule has 2 rings (SSSR count). The molecule has 0 heterocycles. The van der Waals surface area contributed by atoms with E-state index < -0.39 is 0 Å². The lowest BCUT2D eigenvalue weighted by molar-refractivity contribution is 0.477. The number of halogens is 1. The second-order valence-electron chi connectivity index (χ2n) is 4.65. The molecule has 0 amide bonds. The second-order valence-corrected chi connectivity index (χ2v) is 5.57. The van der Waals surface area contributed by atoms with Gasteiger partial charge in [-0.2, -0.15) is 0 Å². The Balaban J connectivity index is 2.17. The smallest absolute Gasteiger partial charge is 0.128 e. The largest absolute Gasteiger partial charge is 0.457 e. The molecule has 2 nitrogen and oxygen atoms in total. The van der Waals surface area contributed by atoms with Gasteiger partial charge in [-0.25, -0.2) is 0 Å². The maximum atomic E-state index is 5.91. The normalized spacial score (nSPS) is 12.2. The molecule has 2 aromatic carbocycles. The maximum Gasteiger partial charge on any atom is 0.128 e. The molecule has 20 heavy (non-hydrogen) atoms. The summed E-state index contributed by atoms with van der Waals surface area (Å²) in [5.41, 5.74) is 1.27. The van der Waals surface area contributed by atoms with Crippen LogP contribution >= 0.6 is 15.9 Å². The lowest BCUT2D eigenvalue weighted by Crippen LogP contribution is -2.19. The molecule has 0 aliphatic carbocycles. The van der Waals surface area contributed by atoms with Crippen LogP contribution in [0.25, 0.3) is 0 Å². The second kappa shape index (κ2) is 7.46. The van der Waals surface area contributed by atoms with Gasteiger partial charge in [-0.05, 0) is 48.9 Å². The summed E-state index contributed by atoms with van der Waals surface area (Å²) < 4.78 is 6.93. The zero-order valence-corrected chi connectivity index (χ0v) is 13.5. The van der Waals surface area contributed by atoms with E-state index in [0.717, 1.165) is 28.9 Å². The van der Waals surface area contributed by atoms with E-state index in [9.17, 15) is 0 Å². The topological polar surface area (TPSA) is 21.3 Å². The van der Waals surface area contributed by atoms with Gasteiger partial charge < -0.3 is 10.1 Å². The third-order valence-corrected chi connectivity index (χ3v) is 3.64. The molecule has 0 spiro atoms. The molecule has 0 saturated carbocycles. The molecular weight excluding hydrogens is 314 g/mol. The lowest BCUT2D eigenvalue weighted by atomic mass is 10.0. The fourth-order valence-electron chi connectivity index (χ4n) is 2.21. The van der Waals surface area contributed by atoms with E-state index in [4.69, 9.17) is 4.74 Å². The summed E-state index contributed by atoms with van der Waals surface area (Å²) in [6, 6.07) is 16.5. The summed E-state index contributed by atoms with van der Waals surface area (Å²) in [6.45, 7) is 5.29. The summed E-state index contributed by atoms with van der Waals surface area (Å²) in [5.74, 6) is 1.71. The zero-order valence-electron chi connectivity index (χ0n) is 11.9. The molecule has 3 heteroatoms. The molecule has 1 N–H and O–H groups in total. The highest BCUT2D eigenvalue weighted by Gasteiger charge is 2.08. The van der Waals surface area contributed by atoms with Crippen LogP contribution in [0.15, 0.2) is 53.0 Å². The van der Waals surface area contributed by atoms with Crippen molar-refractivity contribution in [1.29, 1.82) is 0 Å². The van der Waals surface area contributed by atoms with Gasteiger partial charge in [0, 0.05) is 10.5 Å². The number of benzene rings is 2. The van der Waals surface area contributed by atoms with Gasteiger partial charge in [-0.15, -0.1) is 0 Å². The molecule has 0 aliphatic rings. The Kier molecular flexibility index (Phi) is 5.62. The van der Waals surface area contributed by atoms with E-state index >= 15 is 0 Å². The molecule has 2 aromatic rings. The van der Waals surface area contributed by atoms with Crippen LogP contribution in [0.4, 0.5) is 0 Å². The Hall–Kier alpha value is -1.32. The van der Waals surface area contributed by atoms with Crippen molar-refractivity contribution in [1.82, 2.24) is 5.32 Å². The van der Waals surface area contributed by atoms with E-state index in [1.165, 1.54) is 5.56 Å². The van der Waals surface area contributed by atoms with Crippen molar-refractivity contribution >= 4 is 15.9 Å². The van der Waals surface area contributed by atoms with Crippen molar-refractivity contribution in [2.75, 3.05) is 6.54 Å². The fourth-order valence-corrected chi connectivity index (χ4v) is 2.58. The molecule has 0 radical (unpaired) electrons. The summed E-state index contributed by atoms with van der Waals surface area (Å²) in [4.78, 5) is 0. The highest BCUT2D eigenvalue weighted by Crippen LogP contribution is 2.27. The summed E-state index contributed by atoms with van der Waals surface area (Å²) in [6.07, 6.45) is 1.06. The first-order valence-electron chi connectivity index (χ1n) is 6.99. The van der Waals surface area contributed by atoms with Gasteiger partial charge in [0.1, 0.15) is 11.5 Å². The van der Waals surface area contributed by atoms with Crippen molar-refractivity contribution < 1.29 is 4.74 Å². The number of rotatable bonds is 6. The lowest BCUT2D eigenvalue weighted by Gasteiger charge is -2.17. The third-order valence-electron chi connectivity index (χ3n) is 3.15. The van der Waals surface area contributed by atoms with Crippen LogP contribution in [0.2, 0.25) is 0 Å². The Bertz CT molecular complexity index is 556.